The SMILES string of the molecule is C=N/C=C(\C=C(C)C)c1nnc(NS(=O)(=O)[C@H](C)[C@@H](OC)c2nc(C)cs2)n1-c1c(OC)cccc1OC. The third-order valence-electron chi connectivity index (χ3n) is 5.50. The minimum atomic E-state index is -4.06. The monoisotopic (exact) mass is 560 g/mol. The lowest BCUT2D eigenvalue weighted by molar-refractivity contribution is 0.102. The lowest BCUT2D eigenvalue weighted by atomic mass is 10.1. The van der Waals surface area contributed by atoms with Gasteiger partial charge in [-0.15, -0.1) is 21.5 Å². The van der Waals surface area contributed by atoms with E-state index in [2.05, 4.69) is 31.6 Å². The van der Waals surface area contributed by atoms with Crippen LogP contribution >= 0.6 is 11.3 Å². The molecule has 0 saturated carbocycles. The first kappa shape index (κ1) is 29.0. The van der Waals surface area contributed by atoms with Gasteiger partial charge in [0.15, 0.2) is 5.82 Å². The number of ether oxygens (including phenoxy) is 3. The molecule has 0 spiro atoms. The molecule has 0 saturated heterocycles. The summed E-state index contributed by atoms with van der Waals surface area (Å²) in [5, 5.41) is 9.91. The number of methoxy groups -OCH3 is 3. The van der Waals surface area contributed by atoms with E-state index in [9.17, 15) is 8.42 Å². The van der Waals surface area contributed by atoms with Gasteiger partial charge in [0.25, 0.3) is 0 Å². The van der Waals surface area contributed by atoms with Crippen LogP contribution in [0.25, 0.3) is 11.3 Å². The van der Waals surface area contributed by atoms with E-state index < -0.39 is 21.4 Å². The third kappa shape index (κ3) is 6.11. The zero-order chi connectivity index (χ0) is 28.0. The second kappa shape index (κ2) is 12.3. The molecule has 0 radical (unpaired) electrons. The molecular weight excluding hydrogens is 528 g/mol. The summed E-state index contributed by atoms with van der Waals surface area (Å²) in [6, 6.07) is 5.21. The summed E-state index contributed by atoms with van der Waals surface area (Å²) in [5.41, 5.74) is 2.69. The van der Waals surface area contributed by atoms with Gasteiger partial charge in [-0.05, 0) is 46.5 Å². The van der Waals surface area contributed by atoms with Gasteiger partial charge in [0.2, 0.25) is 16.0 Å². The highest BCUT2D eigenvalue weighted by atomic mass is 32.2. The van der Waals surface area contributed by atoms with Crippen molar-refractivity contribution in [3.8, 4) is 17.2 Å². The first-order valence-corrected chi connectivity index (χ1v) is 13.9. The summed E-state index contributed by atoms with van der Waals surface area (Å²) in [7, 11) is 0.397. The molecule has 13 heteroatoms. The van der Waals surface area contributed by atoms with Gasteiger partial charge >= 0.3 is 0 Å². The number of thiazole rings is 1. The van der Waals surface area contributed by atoms with E-state index in [1.165, 1.54) is 43.4 Å². The number of aromatic nitrogens is 4. The van der Waals surface area contributed by atoms with Crippen LogP contribution in [-0.4, -0.2) is 61.5 Å². The molecule has 1 aromatic carbocycles. The molecule has 38 heavy (non-hydrogen) atoms. The fraction of sp³-hybridized carbons (Fsp3) is 0.360. The van der Waals surface area contributed by atoms with Crippen LogP contribution < -0.4 is 14.2 Å². The summed E-state index contributed by atoms with van der Waals surface area (Å²) in [6.07, 6.45) is 2.56. The first-order valence-electron chi connectivity index (χ1n) is 11.5. The number of anilines is 1. The van der Waals surface area contributed by atoms with E-state index in [0.29, 0.717) is 33.6 Å². The Bertz CT molecular complexity index is 1430. The average molecular weight is 561 g/mol. The summed E-state index contributed by atoms with van der Waals surface area (Å²) < 4.78 is 48.2. The fourth-order valence-corrected chi connectivity index (χ4v) is 5.95. The van der Waals surface area contributed by atoms with Gasteiger partial charge in [0.05, 0.1) is 14.2 Å². The van der Waals surface area contributed by atoms with Gasteiger partial charge in [-0.25, -0.2) is 13.4 Å². The van der Waals surface area contributed by atoms with Crippen molar-refractivity contribution >= 4 is 39.6 Å². The molecule has 3 aromatic rings. The number of allylic oxidation sites excluding steroid dienone is 3. The zero-order valence-corrected chi connectivity index (χ0v) is 24.1. The number of nitrogens with one attached hydrogen (secondary N) is 1. The number of sulfonamides is 1. The Morgan fingerprint density at radius 3 is 2.34 bits per heavy atom. The molecule has 2 atom stereocenters. The molecule has 11 nitrogen and oxygen atoms in total. The summed E-state index contributed by atoms with van der Waals surface area (Å²) in [4.78, 5) is 8.32. The summed E-state index contributed by atoms with van der Waals surface area (Å²) >= 11 is 1.34. The molecule has 0 bridgehead atoms. The summed E-state index contributed by atoms with van der Waals surface area (Å²) in [5.74, 6) is 1.05. The van der Waals surface area contributed by atoms with Crippen LogP contribution in [0.15, 0.2) is 46.4 Å². The number of aryl methyl sites for hydroxylation is 1. The van der Waals surface area contributed by atoms with E-state index in [0.717, 1.165) is 11.3 Å². The van der Waals surface area contributed by atoms with E-state index in [4.69, 9.17) is 14.2 Å². The molecule has 0 fully saturated rings. The van der Waals surface area contributed by atoms with Crippen LogP contribution in [-0.2, 0) is 14.8 Å². The highest BCUT2D eigenvalue weighted by Gasteiger charge is 2.35. The van der Waals surface area contributed by atoms with E-state index in [1.807, 2.05) is 32.2 Å². The van der Waals surface area contributed by atoms with Gasteiger partial charge in [0, 0.05) is 30.0 Å². The van der Waals surface area contributed by atoms with Crippen LogP contribution in [0.5, 0.6) is 11.5 Å². The second-order valence-corrected chi connectivity index (χ2v) is 11.4. The van der Waals surface area contributed by atoms with Crippen molar-refractivity contribution in [1.29, 1.82) is 0 Å². The zero-order valence-electron chi connectivity index (χ0n) is 22.4. The number of benzene rings is 1. The fourth-order valence-electron chi connectivity index (χ4n) is 3.75. The lowest BCUT2D eigenvalue weighted by Gasteiger charge is -2.22. The molecular formula is C25H32N6O5S2. The number of rotatable bonds is 12. The molecule has 204 valence electrons. The lowest BCUT2D eigenvalue weighted by Crippen LogP contribution is -2.32. The van der Waals surface area contributed by atoms with Gasteiger partial charge < -0.3 is 14.2 Å². The maximum atomic E-state index is 13.6. The molecule has 0 unspecified atom stereocenters. The highest BCUT2D eigenvalue weighted by molar-refractivity contribution is 7.93. The van der Waals surface area contributed by atoms with Crippen LogP contribution in [0.2, 0.25) is 0 Å². The quantitative estimate of drug-likeness (QED) is 0.252. The molecule has 0 aliphatic rings. The molecule has 3 rings (SSSR count). The average Bonchev–Trinajstić information content (AvgIpc) is 3.49. The largest absolute Gasteiger partial charge is 0.494 e. The molecule has 1 N–H and O–H groups in total. The number of para-hydroxylation sites is 1. The van der Waals surface area contributed by atoms with E-state index >= 15 is 0 Å². The third-order valence-corrected chi connectivity index (χ3v) is 8.22. The Morgan fingerprint density at radius 2 is 1.84 bits per heavy atom. The number of hydrogen-bond acceptors (Lipinski definition) is 10. The number of nitrogens with zero attached hydrogens (tertiary/aromatic N) is 5. The molecule has 2 aromatic heterocycles. The Balaban J connectivity index is 2.22. The normalized spacial score (nSPS) is 13.5. The molecule has 0 amide bonds. The van der Waals surface area contributed by atoms with Crippen molar-refractivity contribution in [3.63, 3.8) is 0 Å². The van der Waals surface area contributed by atoms with Crippen molar-refractivity contribution in [2.75, 3.05) is 26.1 Å². The van der Waals surface area contributed by atoms with Crippen molar-refractivity contribution in [2.24, 2.45) is 4.99 Å². The number of hydrogen-bond donors (Lipinski definition) is 1. The van der Waals surface area contributed by atoms with E-state index in [1.54, 1.807) is 25.1 Å². The Labute approximate surface area is 227 Å². The minimum absolute atomic E-state index is 0.0723. The first-order chi connectivity index (χ1) is 18.1. The van der Waals surface area contributed by atoms with E-state index in [-0.39, 0.29) is 5.95 Å². The molecule has 0 aliphatic carbocycles. The predicted octanol–water partition coefficient (Wildman–Crippen LogP) is 4.58. The topological polar surface area (TPSA) is 130 Å². The molecule has 0 aliphatic heterocycles. The second-order valence-electron chi connectivity index (χ2n) is 8.52. The van der Waals surface area contributed by atoms with Crippen molar-refractivity contribution in [1.82, 2.24) is 19.7 Å². The molecule has 2 heterocycles. The van der Waals surface area contributed by atoms with Crippen molar-refractivity contribution < 1.29 is 22.6 Å². The minimum Gasteiger partial charge on any atom is -0.494 e. The van der Waals surface area contributed by atoms with Crippen LogP contribution in [0.3, 0.4) is 0 Å². The van der Waals surface area contributed by atoms with Crippen LogP contribution in [0, 0.1) is 6.92 Å². The van der Waals surface area contributed by atoms with Crippen molar-refractivity contribution in [3.05, 3.63) is 58.0 Å². The Hall–Kier alpha value is -3.55. The maximum Gasteiger partial charge on any atom is 0.243 e. The maximum absolute atomic E-state index is 13.6. The van der Waals surface area contributed by atoms with Crippen molar-refractivity contribution in [2.45, 2.75) is 39.0 Å². The Morgan fingerprint density at radius 1 is 1.18 bits per heavy atom. The smallest absolute Gasteiger partial charge is 0.243 e. The highest BCUT2D eigenvalue weighted by Crippen LogP contribution is 2.37. The summed E-state index contributed by atoms with van der Waals surface area (Å²) in [6.45, 7) is 10.8. The standard InChI is InChI=1S/C25H32N6O5S2/c1-15(2)12-18(13-26-5)23-28-29-25(31(23)21-19(34-6)10-9-11-20(21)35-7)30-38(32,33)17(4)22(36-8)24-27-16(3)14-37-24/h9-14,17,22H,5H2,1-4,6-8H3,(H,29,30)/b18-13+/t17-,22-/m1/s1. The van der Waals surface area contributed by atoms with Gasteiger partial charge in [-0.1, -0.05) is 17.7 Å². The van der Waals surface area contributed by atoms with Crippen LogP contribution in [0.4, 0.5) is 5.95 Å². The van der Waals surface area contributed by atoms with Gasteiger partial charge in [0.1, 0.15) is 33.5 Å². The number of aliphatic imine (C=N–C) groups is 1. The van der Waals surface area contributed by atoms with Gasteiger partial charge in [-0.3, -0.25) is 14.3 Å². The Kier molecular flexibility index (Phi) is 9.41. The van der Waals surface area contributed by atoms with Crippen LogP contribution in [0.1, 0.15) is 43.4 Å². The predicted molar refractivity (Wildman–Crippen MR) is 150 cm³/mol. The van der Waals surface area contributed by atoms with Gasteiger partial charge in [-0.2, -0.15) is 0 Å².